The first kappa shape index (κ1) is 7.63. The van der Waals surface area contributed by atoms with Crippen molar-refractivity contribution in [2.45, 2.75) is 5.25 Å². The zero-order valence-corrected chi connectivity index (χ0v) is 6.59. The highest BCUT2D eigenvalue weighted by molar-refractivity contribution is 7.80. The standard InChI is InChI=1S/C8H11NS/c9-6-8(10)7-4-2-1-3-5-7/h1-5,8,10H,6,9H2/t8-/m1/s1. The fourth-order valence-corrected chi connectivity index (χ4v) is 0.983. The molecule has 0 spiro atoms. The van der Waals surface area contributed by atoms with E-state index in [4.69, 9.17) is 5.73 Å². The lowest BCUT2D eigenvalue weighted by Crippen LogP contribution is -2.06. The number of hydrogen-bond donors (Lipinski definition) is 2. The molecular formula is C8H11NS. The van der Waals surface area contributed by atoms with Crippen LogP contribution in [0, 0.1) is 0 Å². The van der Waals surface area contributed by atoms with Crippen LogP contribution < -0.4 is 5.73 Å². The molecule has 0 bridgehead atoms. The molecule has 1 aromatic rings. The van der Waals surface area contributed by atoms with E-state index in [1.54, 1.807) is 0 Å². The fourth-order valence-electron chi connectivity index (χ4n) is 0.811. The molecule has 0 amide bonds. The van der Waals surface area contributed by atoms with Crippen LogP contribution in [-0.4, -0.2) is 6.54 Å². The van der Waals surface area contributed by atoms with Crippen LogP contribution in [0.1, 0.15) is 10.8 Å². The van der Waals surface area contributed by atoms with Gasteiger partial charge in [-0.1, -0.05) is 30.3 Å². The SMILES string of the molecule is NC[C@@H](S)c1ccccc1. The van der Waals surface area contributed by atoms with Crippen molar-refractivity contribution in [1.82, 2.24) is 0 Å². The molecule has 1 aromatic carbocycles. The van der Waals surface area contributed by atoms with Gasteiger partial charge in [0, 0.05) is 11.8 Å². The fraction of sp³-hybridized carbons (Fsp3) is 0.250. The normalized spacial score (nSPS) is 13.0. The number of hydrogen-bond acceptors (Lipinski definition) is 2. The van der Waals surface area contributed by atoms with Crippen LogP contribution in [-0.2, 0) is 0 Å². The summed E-state index contributed by atoms with van der Waals surface area (Å²) in [6.45, 7) is 0.590. The highest BCUT2D eigenvalue weighted by atomic mass is 32.1. The summed E-state index contributed by atoms with van der Waals surface area (Å²) < 4.78 is 0. The van der Waals surface area contributed by atoms with Crippen molar-refractivity contribution in [2.75, 3.05) is 6.54 Å². The van der Waals surface area contributed by atoms with E-state index in [9.17, 15) is 0 Å². The van der Waals surface area contributed by atoms with Crippen LogP contribution in [0.4, 0.5) is 0 Å². The quantitative estimate of drug-likeness (QED) is 0.620. The summed E-state index contributed by atoms with van der Waals surface area (Å²) in [6, 6.07) is 10.0. The molecule has 1 atom stereocenters. The van der Waals surface area contributed by atoms with E-state index in [-0.39, 0.29) is 5.25 Å². The van der Waals surface area contributed by atoms with Crippen molar-refractivity contribution in [1.29, 1.82) is 0 Å². The molecule has 0 radical (unpaired) electrons. The van der Waals surface area contributed by atoms with Crippen LogP contribution in [0.5, 0.6) is 0 Å². The Labute approximate surface area is 66.7 Å². The predicted octanol–water partition coefficient (Wildman–Crippen LogP) is 1.62. The third kappa shape index (κ3) is 1.75. The summed E-state index contributed by atoms with van der Waals surface area (Å²) in [5.74, 6) is 0. The summed E-state index contributed by atoms with van der Waals surface area (Å²) in [6.07, 6.45) is 0. The Bertz CT molecular complexity index is 186. The summed E-state index contributed by atoms with van der Waals surface area (Å²) in [5.41, 5.74) is 6.62. The largest absolute Gasteiger partial charge is 0.329 e. The maximum Gasteiger partial charge on any atom is 0.0389 e. The van der Waals surface area contributed by atoms with Crippen molar-refractivity contribution in [3.8, 4) is 0 Å². The molecule has 0 unspecified atom stereocenters. The lowest BCUT2D eigenvalue weighted by atomic mass is 10.1. The Morgan fingerprint density at radius 1 is 1.30 bits per heavy atom. The van der Waals surface area contributed by atoms with Gasteiger partial charge in [-0.05, 0) is 5.56 Å². The molecule has 0 heterocycles. The van der Waals surface area contributed by atoms with Crippen LogP contribution in [0.3, 0.4) is 0 Å². The lowest BCUT2D eigenvalue weighted by Gasteiger charge is -2.05. The molecule has 54 valence electrons. The molecule has 0 saturated heterocycles. The molecule has 10 heavy (non-hydrogen) atoms. The zero-order valence-electron chi connectivity index (χ0n) is 5.70. The Balaban J connectivity index is 2.75. The van der Waals surface area contributed by atoms with Gasteiger partial charge < -0.3 is 5.73 Å². The minimum Gasteiger partial charge on any atom is -0.329 e. The van der Waals surface area contributed by atoms with E-state index in [0.29, 0.717) is 6.54 Å². The van der Waals surface area contributed by atoms with E-state index in [2.05, 4.69) is 12.6 Å². The highest BCUT2D eigenvalue weighted by Crippen LogP contribution is 2.16. The molecule has 0 aliphatic carbocycles. The molecule has 0 aromatic heterocycles. The van der Waals surface area contributed by atoms with Gasteiger partial charge in [-0.25, -0.2) is 0 Å². The maximum absolute atomic E-state index is 5.43. The van der Waals surface area contributed by atoms with Gasteiger partial charge in [-0.3, -0.25) is 0 Å². The minimum absolute atomic E-state index is 0.182. The topological polar surface area (TPSA) is 26.0 Å². The third-order valence-corrected chi connectivity index (χ3v) is 1.92. The second kappa shape index (κ2) is 3.64. The van der Waals surface area contributed by atoms with Crippen molar-refractivity contribution < 1.29 is 0 Å². The zero-order chi connectivity index (χ0) is 7.40. The van der Waals surface area contributed by atoms with E-state index >= 15 is 0 Å². The number of thiol groups is 1. The molecule has 0 fully saturated rings. The van der Waals surface area contributed by atoms with Crippen LogP contribution in [0.25, 0.3) is 0 Å². The van der Waals surface area contributed by atoms with E-state index < -0.39 is 0 Å². The summed E-state index contributed by atoms with van der Waals surface area (Å²) in [7, 11) is 0. The van der Waals surface area contributed by atoms with Gasteiger partial charge in [-0.2, -0.15) is 12.6 Å². The Kier molecular flexibility index (Phi) is 2.78. The Hall–Kier alpha value is -0.470. The minimum atomic E-state index is 0.182. The molecule has 1 nitrogen and oxygen atoms in total. The first-order chi connectivity index (χ1) is 4.84. The molecule has 2 N–H and O–H groups in total. The molecule has 0 aliphatic rings. The van der Waals surface area contributed by atoms with Crippen molar-refractivity contribution in [3.05, 3.63) is 35.9 Å². The third-order valence-electron chi connectivity index (χ3n) is 1.41. The van der Waals surface area contributed by atoms with Gasteiger partial charge in [0.05, 0.1) is 0 Å². The van der Waals surface area contributed by atoms with Crippen LogP contribution >= 0.6 is 12.6 Å². The van der Waals surface area contributed by atoms with Gasteiger partial charge >= 0.3 is 0 Å². The van der Waals surface area contributed by atoms with Crippen molar-refractivity contribution >= 4 is 12.6 Å². The van der Waals surface area contributed by atoms with Crippen molar-refractivity contribution in [2.24, 2.45) is 5.73 Å². The summed E-state index contributed by atoms with van der Waals surface area (Å²) in [5, 5.41) is 0.182. The first-order valence-electron chi connectivity index (χ1n) is 3.27. The monoisotopic (exact) mass is 153 g/mol. The smallest absolute Gasteiger partial charge is 0.0389 e. The number of benzene rings is 1. The van der Waals surface area contributed by atoms with Crippen LogP contribution in [0.15, 0.2) is 30.3 Å². The summed E-state index contributed by atoms with van der Waals surface area (Å²) >= 11 is 4.29. The molecule has 0 saturated carbocycles. The highest BCUT2D eigenvalue weighted by Gasteiger charge is 2.00. The van der Waals surface area contributed by atoms with Gasteiger partial charge in [0.2, 0.25) is 0 Å². The van der Waals surface area contributed by atoms with Crippen LogP contribution in [0.2, 0.25) is 0 Å². The molecule has 2 heteroatoms. The maximum atomic E-state index is 5.43. The van der Waals surface area contributed by atoms with Gasteiger partial charge in [-0.15, -0.1) is 0 Å². The lowest BCUT2D eigenvalue weighted by molar-refractivity contribution is 0.949. The average molecular weight is 153 g/mol. The predicted molar refractivity (Wildman–Crippen MR) is 47.2 cm³/mol. The number of nitrogens with two attached hydrogens (primary N) is 1. The van der Waals surface area contributed by atoms with Gasteiger partial charge in [0.25, 0.3) is 0 Å². The number of rotatable bonds is 2. The average Bonchev–Trinajstić information content (AvgIpc) is 2.05. The summed E-state index contributed by atoms with van der Waals surface area (Å²) in [4.78, 5) is 0. The molecule has 1 rings (SSSR count). The second-order valence-corrected chi connectivity index (χ2v) is 2.79. The van der Waals surface area contributed by atoms with Gasteiger partial charge in [0.15, 0.2) is 0 Å². The molecule has 0 aliphatic heterocycles. The molecular weight excluding hydrogens is 142 g/mol. The van der Waals surface area contributed by atoms with Gasteiger partial charge in [0.1, 0.15) is 0 Å². The Morgan fingerprint density at radius 3 is 2.40 bits per heavy atom. The Morgan fingerprint density at radius 2 is 1.90 bits per heavy atom. The van der Waals surface area contributed by atoms with E-state index in [1.165, 1.54) is 5.56 Å². The van der Waals surface area contributed by atoms with E-state index in [0.717, 1.165) is 0 Å². The second-order valence-electron chi connectivity index (χ2n) is 2.16. The van der Waals surface area contributed by atoms with E-state index in [1.807, 2.05) is 30.3 Å². The first-order valence-corrected chi connectivity index (χ1v) is 3.79. The van der Waals surface area contributed by atoms with Crippen molar-refractivity contribution in [3.63, 3.8) is 0 Å².